The van der Waals surface area contributed by atoms with E-state index in [9.17, 15) is 28.8 Å². The lowest BCUT2D eigenvalue weighted by atomic mass is 10.0. The fourth-order valence-corrected chi connectivity index (χ4v) is 11.0. The first kappa shape index (κ1) is 86.0. The predicted molar refractivity (Wildman–Crippen MR) is 372 cm³/mol. The van der Waals surface area contributed by atoms with Crippen molar-refractivity contribution in [2.45, 2.75) is 406 Å². The highest BCUT2D eigenvalue weighted by atomic mass is 16.6. The molecule has 0 amide bonds. The molecule has 0 aromatic rings. The van der Waals surface area contributed by atoms with Crippen molar-refractivity contribution in [2.24, 2.45) is 0 Å². The summed E-state index contributed by atoms with van der Waals surface area (Å²) in [6, 6.07) is 0. The highest BCUT2D eigenvalue weighted by molar-refractivity contribution is 5.72. The van der Waals surface area contributed by atoms with Gasteiger partial charge in [-0.05, 0) is 128 Å². The number of rotatable bonds is 69. The van der Waals surface area contributed by atoms with Crippen LogP contribution < -0.4 is 0 Å². The summed E-state index contributed by atoms with van der Waals surface area (Å²) in [5.74, 6) is -2.19. The molecule has 0 aliphatic heterocycles. The van der Waals surface area contributed by atoms with Crippen LogP contribution in [0.3, 0.4) is 0 Å². The Kier molecular flexibility index (Phi) is 66.3. The van der Waals surface area contributed by atoms with Crippen molar-refractivity contribution < 1.29 is 57.2 Å². The molecule has 90 heavy (non-hydrogen) atoms. The van der Waals surface area contributed by atoms with Crippen molar-refractivity contribution in [1.82, 2.24) is 0 Å². The van der Waals surface area contributed by atoms with E-state index in [1.165, 1.54) is 77.0 Å². The number of carbonyl (C=O) groups excluding carboxylic acids is 6. The SMILES string of the molecule is CCCCCCC=CCCCCCCCC(=O)OCC(OC(=O)CCCCCCCC=CCCCCCC)C(CCCCCCCC(=O)OCC(COC(=O)CCCCCCC)OC(=O)CCCCCCC)OC(=O)CCCCCCCC=CCCCCCC. The summed E-state index contributed by atoms with van der Waals surface area (Å²) in [7, 11) is 0. The van der Waals surface area contributed by atoms with Gasteiger partial charge in [-0.3, -0.25) is 28.8 Å². The Labute approximate surface area is 552 Å². The van der Waals surface area contributed by atoms with E-state index in [2.05, 4.69) is 71.1 Å². The number of allylic oxidation sites excluding steroid dienone is 6. The first-order valence-electron chi connectivity index (χ1n) is 38.1. The second-order valence-corrected chi connectivity index (χ2v) is 25.7. The van der Waals surface area contributed by atoms with Crippen molar-refractivity contribution in [3.8, 4) is 0 Å². The summed E-state index contributed by atoms with van der Waals surface area (Å²) in [6.45, 7) is 10.5. The molecule has 0 saturated carbocycles. The third kappa shape index (κ3) is 62.8. The molecule has 0 fully saturated rings. The minimum atomic E-state index is -0.929. The van der Waals surface area contributed by atoms with E-state index >= 15 is 0 Å². The molecule has 0 bridgehead atoms. The standard InChI is InChI=1S/C78H140O12/c1-6-11-16-21-24-27-30-33-36-39-42-49-55-63-75(81)87-69-72(90-78(84)66-59-51-44-41-38-35-32-29-26-23-18-13-8-3)71(89-77(83)65-58-50-43-40-37-34-31-28-25-22-17-12-7-2)60-53-48-45-52-56-62-74(80)86-68-70(88-76(82)64-57-47-20-15-10-5)67-85-73(79)61-54-46-19-14-9-4/h27-32,70-72H,6-26,33-69H2,1-5H3. The monoisotopic (exact) mass is 1270 g/mol. The van der Waals surface area contributed by atoms with Crippen LogP contribution in [0.25, 0.3) is 0 Å². The van der Waals surface area contributed by atoms with Gasteiger partial charge in [-0.15, -0.1) is 0 Å². The molecule has 12 nitrogen and oxygen atoms in total. The van der Waals surface area contributed by atoms with Gasteiger partial charge >= 0.3 is 35.8 Å². The lowest BCUT2D eigenvalue weighted by Gasteiger charge is -2.27. The molecular weight excluding hydrogens is 1130 g/mol. The third-order valence-electron chi connectivity index (χ3n) is 16.8. The van der Waals surface area contributed by atoms with Gasteiger partial charge in [-0.2, -0.15) is 0 Å². The fourth-order valence-electron chi connectivity index (χ4n) is 11.0. The van der Waals surface area contributed by atoms with E-state index in [0.29, 0.717) is 44.9 Å². The van der Waals surface area contributed by atoms with Crippen LogP contribution >= 0.6 is 0 Å². The van der Waals surface area contributed by atoms with Gasteiger partial charge in [0.25, 0.3) is 0 Å². The number of esters is 6. The van der Waals surface area contributed by atoms with Crippen molar-refractivity contribution >= 4 is 35.8 Å². The lowest BCUT2D eigenvalue weighted by molar-refractivity contribution is -0.176. The number of hydrogen-bond donors (Lipinski definition) is 0. The Morgan fingerprint density at radius 2 is 0.456 bits per heavy atom. The molecule has 0 saturated heterocycles. The topological polar surface area (TPSA) is 158 Å². The van der Waals surface area contributed by atoms with E-state index in [-0.39, 0.29) is 81.8 Å². The summed E-state index contributed by atoms with van der Waals surface area (Å²) >= 11 is 0. The van der Waals surface area contributed by atoms with Crippen molar-refractivity contribution in [3.05, 3.63) is 36.5 Å². The maximum absolute atomic E-state index is 13.7. The van der Waals surface area contributed by atoms with E-state index in [1.807, 2.05) is 0 Å². The summed E-state index contributed by atoms with van der Waals surface area (Å²) < 4.78 is 35.0. The molecule has 0 aliphatic carbocycles. The van der Waals surface area contributed by atoms with Gasteiger partial charge in [-0.1, -0.05) is 257 Å². The van der Waals surface area contributed by atoms with E-state index in [1.54, 1.807) is 0 Å². The van der Waals surface area contributed by atoms with E-state index in [4.69, 9.17) is 28.4 Å². The van der Waals surface area contributed by atoms with Crippen LogP contribution in [0.1, 0.15) is 388 Å². The minimum Gasteiger partial charge on any atom is -0.462 e. The van der Waals surface area contributed by atoms with E-state index in [0.717, 1.165) is 199 Å². The number of carbonyl (C=O) groups is 6. The Balaban J connectivity index is 5.77. The van der Waals surface area contributed by atoms with Gasteiger partial charge in [0, 0.05) is 38.5 Å². The molecule has 0 aliphatic rings. The summed E-state index contributed by atoms with van der Waals surface area (Å²) in [4.78, 5) is 78.9. The number of hydrogen-bond acceptors (Lipinski definition) is 12. The Hall–Kier alpha value is -3.96. The Morgan fingerprint density at radius 1 is 0.233 bits per heavy atom. The molecule has 12 heteroatoms. The fraction of sp³-hybridized carbons (Fsp3) is 0.846. The van der Waals surface area contributed by atoms with Gasteiger partial charge in [0.2, 0.25) is 0 Å². The molecular formula is C78H140O12. The highest BCUT2D eigenvalue weighted by Crippen LogP contribution is 2.21. The van der Waals surface area contributed by atoms with Crippen molar-refractivity contribution in [1.29, 1.82) is 0 Å². The molecule has 0 aromatic carbocycles. The van der Waals surface area contributed by atoms with Crippen molar-refractivity contribution in [3.63, 3.8) is 0 Å². The zero-order valence-corrected chi connectivity index (χ0v) is 59.1. The van der Waals surface area contributed by atoms with Crippen LogP contribution in [0.4, 0.5) is 0 Å². The van der Waals surface area contributed by atoms with Crippen LogP contribution in [-0.4, -0.2) is 73.9 Å². The minimum absolute atomic E-state index is 0.158. The maximum Gasteiger partial charge on any atom is 0.306 e. The molecule has 3 unspecified atom stereocenters. The summed E-state index contributed by atoms with van der Waals surface area (Å²) in [5, 5.41) is 0. The number of ether oxygens (including phenoxy) is 6. The van der Waals surface area contributed by atoms with Crippen molar-refractivity contribution in [2.75, 3.05) is 19.8 Å². The largest absolute Gasteiger partial charge is 0.462 e. The second kappa shape index (κ2) is 69.4. The Morgan fingerprint density at radius 3 is 0.767 bits per heavy atom. The maximum atomic E-state index is 13.7. The summed E-state index contributed by atoms with van der Waals surface area (Å²) in [6.07, 6.45) is 63.8. The number of unbranched alkanes of at least 4 members (excludes halogenated alkanes) is 39. The molecule has 0 spiro atoms. The molecule has 0 heterocycles. The van der Waals surface area contributed by atoms with Gasteiger partial charge in [0.1, 0.15) is 25.9 Å². The van der Waals surface area contributed by atoms with E-state index < -0.39 is 24.3 Å². The smallest absolute Gasteiger partial charge is 0.306 e. The molecule has 0 aromatic heterocycles. The van der Waals surface area contributed by atoms with Gasteiger partial charge < -0.3 is 28.4 Å². The van der Waals surface area contributed by atoms with Crippen LogP contribution in [0, 0.1) is 0 Å². The zero-order chi connectivity index (χ0) is 65.7. The second-order valence-electron chi connectivity index (χ2n) is 25.7. The molecule has 0 rings (SSSR count). The predicted octanol–water partition coefficient (Wildman–Crippen LogP) is 22.6. The Bertz CT molecular complexity index is 1740. The average molecular weight is 1270 g/mol. The van der Waals surface area contributed by atoms with Gasteiger partial charge in [0.15, 0.2) is 12.2 Å². The first-order valence-corrected chi connectivity index (χ1v) is 38.1. The zero-order valence-electron chi connectivity index (χ0n) is 59.1. The highest BCUT2D eigenvalue weighted by Gasteiger charge is 2.30. The van der Waals surface area contributed by atoms with Crippen LogP contribution in [0.15, 0.2) is 36.5 Å². The quantitative estimate of drug-likeness (QED) is 0.0246. The third-order valence-corrected chi connectivity index (χ3v) is 16.8. The molecule has 0 N–H and O–H groups in total. The van der Waals surface area contributed by atoms with Crippen LogP contribution in [0.5, 0.6) is 0 Å². The average Bonchev–Trinajstić information content (AvgIpc) is 3.65. The lowest BCUT2D eigenvalue weighted by Crippen LogP contribution is -2.39. The van der Waals surface area contributed by atoms with Gasteiger partial charge in [-0.25, -0.2) is 0 Å². The van der Waals surface area contributed by atoms with Gasteiger partial charge in [0.05, 0.1) is 0 Å². The van der Waals surface area contributed by atoms with Crippen LogP contribution in [0.2, 0.25) is 0 Å². The normalized spacial score (nSPS) is 12.6. The summed E-state index contributed by atoms with van der Waals surface area (Å²) in [5.41, 5.74) is 0. The van der Waals surface area contributed by atoms with Crippen LogP contribution in [-0.2, 0) is 57.2 Å². The molecule has 524 valence electrons. The molecule has 3 atom stereocenters. The molecule has 0 radical (unpaired) electrons. The first-order chi connectivity index (χ1) is 44.1.